The molecule has 2 rings (SSSR count). The van der Waals surface area contributed by atoms with Gasteiger partial charge in [0, 0.05) is 5.92 Å². The van der Waals surface area contributed by atoms with Crippen LogP contribution < -0.4 is 4.74 Å². The summed E-state index contributed by atoms with van der Waals surface area (Å²) in [6.45, 7) is 0.457. The molecule has 14 heavy (non-hydrogen) atoms. The highest BCUT2D eigenvalue weighted by Crippen LogP contribution is 2.19. The lowest BCUT2D eigenvalue weighted by atomic mass is 10.1. The van der Waals surface area contributed by atoms with E-state index >= 15 is 0 Å². The number of H-pyrrole nitrogens is 1. The van der Waals surface area contributed by atoms with Crippen molar-refractivity contribution < 1.29 is 13.2 Å². The minimum Gasteiger partial charge on any atom is -0.490 e. The van der Waals surface area contributed by atoms with Gasteiger partial charge in [0.2, 0.25) is 0 Å². The van der Waals surface area contributed by atoms with Crippen molar-refractivity contribution in [1.29, 1.82) is 0 Å². The van der Waals surface area contributed by atoms with Crippen molar-refractivity contribution in [3.8, 4) is 5.75 Å². The number of aromatic amines is 1. The second-order valence-electron chi connectivity index (χ2n) is 3.51. The van der Waals surface area contributed by atoms with E-state index in [0.717, 1.165) is 0 Å². The van der Waals surface area contributed by atoms with E-state index in [4.69, 9.17) is 4.74 Å². The maximum Gasteiger partial charge on any atom is 0.156 e. The molecule has 5 nitrogen and oxygen atoms in total. The van der Waals surface area contributed by atoms with Crippen LogP contribution in [0, 0.1) is 5.92 Å². The summed E-state index contributed by atoms with van der Waals surface area (Å²) >= 11 is 0. The van der Waals surface area contributed by atoms with Gasteiger partial charge in [-0.2, -0.15) is 5.10 Å². The highest BCUT2D eigenvalue weighted by atomic mass is 32.2. The van der Waals surface area contributed by atoms with Crippen molar-refractivity contribution in [2.75, 3.05) is 18.1 Å². The molecule has 0 saturated carbocycles. The van der Waals surface area contributed by atoms with Crippen LogP contribution in [0.5, 0.6) is 5.75 Å². The van der Waals surface area contributed by atoms with Crippen LogP contribution in [0.1, 0.15) is 6.42 Å². The molecule has 0 aromatic carbocycles. The topological polar surface area (TPSA) is 72.1 Å². The monoisotopic (exact) mass is 216 g/mol. The zero-order valence-electron chi connectivity index (χ0n) is 7.64. The average molecular weight is 216 g/mol. The molecule has 1 unspecified atom stereocenters. The highest BCUT2D eigenvalue weighted by Gasteiger charge is 2.28. The van der Waals surface area contributed by atoms with Crippen LogP contribution in [0.4, 0.5) is 0 Å². The van der Waals surface area contributed by atoms with Gasteiger partial charge in [0.1, 0.15) is 0 Å². The van der Waals surface area contributed by atoms with Crippen molar-refractivity contribution >= 4 is 9.84 Å². The minimum atomic E-state index is -2.79. The van der Waals surface area contributed by atoms with E-state index in [9.17, 15) is 8.42 Å². The predicted octanol–water partition coefficient (Wildman–Crippen LogP) is 0.223. The van der Waals surface area contributed by atoms with Crippen molar-refractivity contribution in [3.63, 3.8) is 0 Å². The summed E-state index contributed by atoms with van der Waals surface area (Å²) in [4.78, 5) is 0. The van der Waals surface area contributed by atoms with Crippen molar-refractivity contribution in [2.24, 2.45) is 5.92 Å². The quantitative estimate of drug-likeness (QED) is 0.784. The third kappa shape index (κ3) is 2.25. The highest BCUT2D eigenvalue weighted by molar-refractivity contribution is 7.91. The molecular weight excluding hydrogens is 204 g/mol. The van der Waals surface area contributed by atoms with E-state index in [-0.39, 0.29) is 11.7 Å². The molecule has 2 heterocycles. The van der Waals surface area contributed by atoms with Crippen LogP contribution in [0.15, 0.2) is 12.4 Å². The Morgan fingerprint density at radius 3 is 3.07 bits per heavy atom. The molecule has 1 aromatic heterocycles. The third-order valence-electron chi connectivity index (χ3n) is 2.29. The van der Waals surface area contributed by atoms with Gasteiger partial charge in [-0.1, -0.05) is 0 Å². The van der Waals surface area contributed by atoms with Gasteiger partial charge in [0.15, 0.2) is 15.6 Å². The smallest absolute Gasteiger partial charge is 0.156 e. The Morgan fingerprint density at radius 1 is 1.64 bits per heavy atom. The standard InChI is InChI=1S/C8H12N2O3S/c11-14(12)2-1-7(6-14)5-13-8-3-9-10-4-8/h3-4,7H,1-2,5-6H2,(H,9,10). The minimum absolute atomic E-state index is 0.134. The van der Waals surface area contributed by atoms with Gasteiger partial charge in [0.05, 0.1) is 30.5 Å². The number of nitrogens with zero attached hydrogens (tertiary/aromatic N) is 1. The summed E-state index contributed by atoms with van der Waals surface area (Å²) in [5.41, 5.74) is 0. The fraction of sp³-hybridized carbons (Fsp3) is 0.625. The maximum absolute atomic E-state index is 11.1. The molecule has 1 fully saturated rings. The molecule has 0 aliphatic carbocycles. The van der Waals surface area contributed by atoms with Crippen LogP contribution in [0.3, 0.4) is 0 Å². The predicted molar refractivity (Wildman–Crippen MR) is 50.8 cm³/mol. The molecule has 1 aliphatic heterocycles. The SMILES string of the molecule is O=S1(=O)CCC(COc2cn[nH]c2)C1. The van der Waals surface area contributed by atoms with Gasteiger partial charge < -0.3 is 4.74 Å². The summed E-state index contributed by atoms with van der Waals surface area (Å²) in [5, 5.41) is 6.36. The Labute approximate surface area is 82.4 Å². The van der Waals surface area contributed by atoms with Gasteiger partial charge >= 0.3 is 0 Å². The molecule has 0 radical (unpaired) electrons. The molecule has 1 atom stereocenters. The van der Waals surface area contributed by atoms with Gasteiger partial charge in [0.25, 0.3) is 0 Å². The number of nitrogens with one attached hydrogen (secondary N) is 1. The number of hydrogen-bond acceptors (Lipinski definition) is 4. The lowest BCUT2D eigenvalue weighted by molar-refractivity contribution is 0.263. The second-order valence-corrected chi connectivity index (χ2v) is 5.74. The molecule has 1 N–H and O–H groups in total. The van der Waals surface area contributed by atoms with E-state index < -0.39 is 9.84 Å². The maximum atomic E-state index is 11.1. The van der Waals surface area contributed by atoms with Gasteiger partial charge in [-0.05, 0) is 6.42 Å². The first-order valence-electron chi connectivity index (χ1n) is 4.48. The normalized spacial score (nSPS) is 25.0. The Balaban J connectivity index is 1.83. The zero-order chi connectivity index (χ0) is 10.0. The summed E-state index contributed by atoms with van der Waals surface area (Å²) in [6.07, 6.45) is 3.92. The molecule has 1 saturated heterocycles. The van der Waals surface area contributed by atoms with Gasteiger partial charge in [-0.3, -0.25) is 5.10 Å². The van der Waals surface area contributed by atoms with Crippen LogP contribution in [-0.2, 0) is 9.84 Å². The summed E-state index contributed by atoms with van der Waals surface area (Å²) in [6, 6.07) is 0. The Bertz CT molecular complexity index is 385. The Kier molecular flexibility index (Phi) is 2.45. The first kappa shape index (κ1) is 9.51. The van der Waals surface area contributed by atoms with Crippen molar-refractivity contribution in [2.45, 2.75) is 6.42 Å². The molecule has 1 aromatic rings. The molecule has 6 heteroatoms. The second kappa shape index (κ2) is 3.61. The summed E-state index contributed by atoms with van der Waals surface area (Å²) in [7, 11) is -2.79. The van der Waals surface area contributed by atoms with E-state index in [0.29, 0.717) is 24.5 Å². The fourth-order valence-corrected chi connectivity index (χ4v) is 3.38. The number of sulfone groups is 1. The zero-order valence-corrected chi connectivity index (χ0v) is 8.46. The summed E-state index contributed by atoms with van der Waals surface area (Å²) in [5.74, 6) is 1.35. The van der Waals surface area contributed by atoms with Gasteiger partial charge in [-0.25, -0.2) is 8.42 Å². The van der Waals surface area contributed by atoms with E-state index in [2.05, 4.69) is 10.2 Å². The van der Waals surface area contributed by atoms with E-state index in [1.54, 1.807) is 12.4 Å². The fourth-order valence-electron chi connectivity index (χ4n) is 1.54. The lowest BCUT2D eigenvalue weighted by Gasteiger charge is -2.07. The number of hydrogen-bond donors (Lipinski definition) is 1. The largest absolute Gasteiger partial charge is 0.490 e. The molecule has 1 aliphatic rings. The van der Waals surface area contributed by atoms with E-state index in [1.165, 1.54) is 0 Å². The summed E-state index contributed by atoms with van der Waals surface area (Å²) < 4.78 is 27.6. The molecular formula is C8H12N2O3S. The van der Waals surface area contributed by atoms with Crippen LogP contribution in [-0.4, -0.2) is 36.7 Å². The average Bonchev–Trinajstić information content (AvgIpc) is 2.70. The van der Waals surface area contributed by atoms with Crippen molar-refractivity contribution in [3.05, 3.63) is 12.4 Å². The number of ether oxygens (including phenoxy) is 1. The molecule has 0 spiro atoms. The van der Waals surface area contributed by atoms with Crippen LogP contribution in [0.25, 0.3) is 0 Å². The van der Waals surface area contributed by atoms with Crippen molar-refractivity contribution in [1.82, 2.24) is 10.2 Å². The Hall–Kier alpha value is -1.04. The number of rotatable bonds is 3. The molecule has 78 valence electrons. The first-order valence-corrected chi connectivity index (χ1v) is 6.30. The molecule has 0 bridgehead atoms. The number of aromatic nitrogens is 2. The van der Waals surface area contributed by atoms with E-state index in [1.807, 2.05) is 0 Å². The van der Waals surface area contributed by atoms with Crippen LogP contribution >= 0.6 is 0 Å². The molecule has 0 amide bonds. The lowest BCUT2D eigenvalue weighted by Crippen LogP contribution is -2.13. The third-order valence-corrected chi connectivity index (χ3v) is 4.12. The first-order chi connectivity index (χ1) is 6.66. The Morgan fingerprint density at radius 2 is 2.50 bits per heavy atom. The van der Waals surface area contributed by atoms with Crippen LogP contribution in [0.2, 0.25) is 0 Å². The van der Waals surface area contributed by atoms with Gasteiger partial charge in [-0.15, -0.1) is 0 Å².